The number of H-pyrrole nitrogens is 1. The SMILES string of the molecule is Cc1ccc2nc(/C(C#N)=C\c3cc(Br)ccc3OCc3ccc([N+](=O)[O-])cc3)[nH]c2c1. The van der Waals surface area contributed by atoms with E-state index in [1.807, 2.05) is 37.3 Å². The van der Waals surface area contributed by atoms with Crippen molar-refractivity contribution in [1.82, 2.24) is 9.97 Å². The van der Waals surface area contributed by atoms with E-state index in [0.717, 1.165) is 26.6 Å². The number of fused-ring (bicyclic) bond motifs is 1. The molecule has 0 unspecified atom stereocenters. The molecule has 0 amide bonds. The lowest BCUT2D eigenvalue weighted by molar-refractivity contribution is -0.384. The summed E-state index contributed by atoms with van der Waals surface area (Å²) in [6.07, 6.45) is 1.72. The van der Waals surface area contributed by atoms with Gasteiger partial charge in [0.2, 0.25) is 0 Å². The molecule has 0 radical (unpaired) electrons. The first-order chi connectivity index (χ1) is 15.4. The third kappa shape index (κ3) is 4.68. The van der Waals surface area contributed by atoms with Crippen molar-refractivity contribution in [2.24, 2.45) is 0 Å². The van der Waals surface area contributed by atoms with Gasteiger partial charge in [0.05, 0.1) is 21.5 Å². The number of aromatic amines is 1. The Morgan fingerprint density at radius 1 is 1.22 bits per heavy atom. The predicted molar refractivity (Wildman–Crippen MR) is 126 cm³/mol. The molecule has 0 aliphatic heterocycles. The normalized spacial score (nSPS) is 11.3. The van der Waals surface area contributed by atoms with Gasteiger partial charge in [0, 0.05) is 22.2 Å². The van der Waals surface area contributed by atoms with Crippen LogP contribution in [0.5, 0.6) is 5.75 Å². The molecule has 1 heterocycles. The van der Waals surface area contributed by atoms with Crippen molar-refractivity contribution in [2.75, 3.05) is 0 Å². The summed E-state index contributed by atoms with van der Waals surface area (Å²) >= 11 is 3.46. The van der Waals surface area contributed by atoms with E-state index >= 15 is 0 Å². The Bertz CT molecular complexity index is 1380. The van der Waals surface area contributed by atoms with Crippen LogP contribution < -0.4 is 4.74 Å². The summed E-state index contributed by atoms with van der Waals surface area (Å²) in [5.41, 5.74) is 4.65. The number of imidazole rings is 1. The summed E-state index contributed by atoms with van der Waals surface area (Å²) in [5, 5.41) is 20.6. The van der Waals surface area contributed by atoms with Crippen molar-refractivity contribution < 1.29 is 9.66 Å². The van der Waals surface area contributed by atoms with Crippen LogP contribution in [0.1, 0.15) is 22.5 Å². The molecule has 4 rings (SSSR count). The van der Waals surface area contributed by atoms with E-state index in [2.05, 4.69) is 32.0 Å². The van der Waals surface area contributed by atoms with Gasteiger partial charge in [0.25, 0.3) is 5.69 Å². The van der Waals surface area contributed by atoms with E-state index in [4.69, 9.17) is 4.74 Å². The average Bonchev–Trinajstić information content (AvgIpc) is 3.20. The Balaban J connectivity index is 1.63. The fourth-order valence-corrected chi connectivity index (χ4v) is 3.58. The largest absolute Gasteiger partial charge is 0.488 e. The maximum Gasteiger partial charge on any atom is 0.269 e. The van der Waals surface area contributed by atoms with Gasteiger partial charge in [0.15, 0.2) is 0 Å². The van der Waals surface area contributed by atoms with Gasteiger partial charge in [0.1, 0.15) is 24.3 Å². The van der Waals surface area contributed by atoms with Crippen molar-refractivity contribution in [3.05, 3.63) is 97.8 Å². The first-order valence-corrected chi connectivity index (χ1v) is 10.5. The zero-order chi connectivity index (χ0) is 22.7. The van der Waals surface area contributed by atoms with Crippen molar-refractivity contribution in [3.63, 3.8) is 0 Å². The number of allylic oxidation sites excluding steroid dienone is 1. The summed E-state index contributed by atoms with van der Waals surface area (Å²) in [5.74, 6) is 1.06. The molecule has 0 fully saturated rings. The molecule has 0 saturated carbocycles. The second kappa shape index (κ2) is 9.04. The van der Waals surface area contributed by atoms with Gasteiger partial charge in [-0.1, -0.05) is 22.0 Å². The fourth-order valence-electron chi connectivity index (χ4n) is 3.20. The number of nitriles is 1. The van der Waals surface area contributed by atoms with Gasteiger partial charge < -0.3 is 9.72 Å². The lowest BCUT2D eigenvalue weighted by Gasteiger charge is -2.10. The van der Waals surface area contributed by atoms with Gasteiger partial charge in [-0.2, -0.15) is 5.26 Å². The highest BCUT2D eigenvalue weighted by molar-refractivity contribution is 9.10. The van der Waals surface area contributed by atoms with Crippen LogP contribution in [0.3, 0.4) is 0 Å². The number of nitrogens with one attached hydrogen (secondary N) is 1. The number of nitro groups is 1. The topological polar surface area (TPSA) is 105 Å². The van der Waals surface area contributed by atoms with Crippen LogP contribution in [0.4, 0.5) is 5.69 Å². The molecule has 0 atom stereocenters. The summed E-state index contributed by atoms with van der Waals surface area (Å²) in [4.78, 5) is 18.1. The van der Waals surface area contributed by atoms with Crippen molar-refractivity contribution in [2.45, 2.75) is 13.5 Å². The third-order valence-corrected chi connectivity index (χ3v) is 5.32. The zero-order valence-electron chi connectivity index (χ0n) is 17.0. The summed E-state index contributed by atoms with van der Waals surface area (Å²) < 4.78 is 6.80. The zero-order valence-corrected chi connectivity index (χ0v) is 18.6. The predicted octanol–water partition coefficient (Wildman–Crippen LogP) is 6.19. The first-order valence-electron chi connectivity index (χ1n) is 9.67. The smallest absolute Gasteiger partial charge is 0.269 e. The molecule has 1 N–H and O–H groups in total. The van der Waals surface area contributed by atoms with Crippen LogP contribution in [-0.2, 0) is 6.61 Å². The molecule has 4 aromatic rings. The number of aryl methyl sites for hydroxylation is 1. The molecule has 158 valence electrons. The number of rotatable bonds is 6. The van der Waals surface area contributed by atoms with Crippen molar-refractivity contribution >= 4 is 44.3 Å². The van der Waals surface area contributed by atoms with Gasteiger partial charge in [-0.3, -0.25) is 10.1 Å². The fraction of sp³-hybridized carbons (Fsp3) is 0.0833. The molecular weight excluding hydrogens is 472 g/mol. The summed E-state index contributed by atoms with van der Waals surface area (Å²) in [6, 6.07) is 19.8. The Morgan fingerprint density at radius 3 is 2.72 bits per heavy atom. The van der Waals surface area contributed by atoms with Crippen molar-refractivity contribution in [1.29, 1.82) is 5.26 Å². The lowest BCUT2D eigenvalue weighted by Crippen LogP contribution is -1.98. The Kier molecular flexibility index (Phi) is 6.01. The van der Waals surface area contributed by atoms with Gasteiger partial charge in [-0.25, -0.2) is 4.98 Å². The summed E-state index contributed by atoms with van der Waals surface area (Å²) in [7, 11) is 0. The van der Waals surface area contributed by atoms with E-state index in [9.17, 15) is 15.4 Å². The molecule has 0 aliphatic rings. The average molecular weight is 489 g/mol. The molecule has 1 aromatic heterocycles. The van der Waals surface area contributed by atoms with E-state index in [1.165, 1.54) is 12.1 Å². The maximum atomic E-state index is 10.8. The first kappa shape index (κ1) is 21.3. The van der Waals surface area contributed by atoms with Gasteiger partial charge >= 0.3 is 0 Å². The van der Waals surface area contributed by atoms with Crippen molar-refractivity contribution in [3.8, 4) is 11.8 Å². The number of hydrogen-bond acceptors (Lipinski definition) is 5. The van der Waals surface area contributed by atoms with E-state index in [0.29, 0.717) is 22.7 Å². The molecule has 7 nitrogen and oxygen atoms in total. The molecule has 8 heteroatoms. The lowest BCUT2D eigenvalue weighted by atomic mass is 10.1. The van der Waals surface area contributed by atoms with Crippen LogP contribution >= 0.6 is 15.9 Å². The Hall–Kier alpha value is -3.96. The maximum absolute atomic E-state index is 10.8. The van der Waals surface area contributed by atoms with Crippen LogP contribution in [0.15, 0.2) is 65.1 Å². The summed E-state index contributed by atoms with van der Waals surface area (Å²) in [6.45, 7) is 2.23. The highest BCUT2D eigenvalue weighted by atomic mass is 79.9. The second-order valence-electron chi connectivity index (χ2n) is 7.17. The minimum absolute atomic E-state index is 0.0284. The molecule has 0 bridgehead atoms. The number of nitrogens with zero attached hydrogens (tertiary/aromatic N) is 3. The molecule has 3 aromatic carbocycles. The van der Waals surface area contributed by atoms with E-state index in [1.54, 1.807) is 24.3 Å². The standard InChI is InChI=1S/C24H17BrN4O3/c1-15-2-8-21-22(10-15)28-24(27-21)18(13-26)11-17-12-19(25)5-9-23(17)32-14-16-3-6-20(7-4-16)29(30)31/h2-12H,14H2,1H3,(H,27,28)/b18-11-. The van der Waals surface area contributed by atoms with Crippen LogP contribution in [-0.4, -0.2) is 14.9 Å². The van der Waals surface area contributed by atoms with Gasteiger partial charge in [-0.05, 0) is 66.6 Å². The van der Waals surface area contributed by atoms with E-state index in [-0.39, 0.29) is 12.3 Å². The molecule has 0 aliphatic carbocycles. The number of ether oxygens (including phenoxy) is 1. The van der Waals surface area contributed by atoms with Crippen LogP contribution in [0.2, 0.25) is 0 Å². The number of benzene rings is 3. The molecule has 0 spiro atoms. The Morgan fingerprint density at radius 2 is 2.00 bits per heavy atom. The third-order valence-electron chi connectivity index (χ3n) is 4.83. The quantitative estimate of drug-likeness (QED) is 0.198. The number of hydrogen-bond donors (Lipinski definition) is 1. The monoisotopic (exact) mass is 488 g/mol. The minimum atomic E-state index is -0.439. The number of non-ortho nitro benzene ring substituents is 1. The molecule has 0 saturated heterocycles. The highest BCUT2D eigenvalue weighted by Crippen LogP contribution is 2.29. The van der Waals surface area contributed by atoms with Crippen LogP contribution in [0, 0.1) is 28.4 Å². The molecule has 32 heavy (non-hydrogen) atoms. The number of nitro benzene ring substituents is 1. The second-order valence-corrected chi connectivity index (χ2v) is 8.09. The molecular formula is C24H17BrN4O3. The Labute approximate surface area is 192 Å². The number of aromatic nitrogens is 2. The minimum Gasteiger partial charge on any atom is -0.488 e. The highest BCUT2D eigenvalue weighted by Gasteiger charge is 2.11. The number of halogens is 1. The van der Waals surface area contributed by atoms with E-state index < -0.39 is 4.92 Å². The van der Waals surface area contributed by atoms with Gasteiger partial charge in [-0.15, -0.1) is 0 Å². The van der Waals surface area contributed by atoms with Crippen LogP contribution in [0.25, 0.3) is 22.7 Å².